The largest absolute Gasteiger partial charge is 0.457 e. The average molecular weight is 393 g/mol. The highest BCUT2D eigenvalue weighted by molar-refractivity contribution is 8.18. The first-order chi connectivity index (χ1) is 13.5. The third kappa shape index (κ3) is 3.64. The molecule has 2 heterocycles. The first kappa shape index (κ1) is 18.3. The molecule has 1 aliphatic heterocycles. The van der Waals surface area contributed by atoms with Crippen molar-refractivity contribution >= 4 is 29.0 Å². The fraction of sp³-hybridized carbons (Fsp3) is 0.0909. The van der Waals surface area contributed by atoms with Gasteiger partial charge in [0.25, 0.3) is 11.1 Å². The maximum atomic E-state index is 13.1. The van der Waals surface area contributed by atoms with Crippen LogP contribution in [0.5, 0.6) is 0 Å². The number of furan rings is 1. The minimum atomic E-state index is -0.335. The SMILES string of the molecule is Cc1ccccc1CN1C(=O)S/C(=C\c2ccc(-c3ccc(F)cc3)o2)C1=O. The number of nitrogens with zero attached hydrogens (tertiary/aromatic N) is 1. The minimum absolute atomic E-state index is 0.244. The number of aryl methyl sites for hydroxylation is 1. The number of imide groups is 1. The van der Waals surface area contributed by atoms with Gasteiger partial charge in [-0.2, -0.15) is 0 Å². The smallest absolute Gasteiger partial charge is 0.293 e. The molecule has 28 heavy (non-hydrogen) atoms. The Hall–Kier alpha value is -3.12. The first-order valence-electron chi connectivity index (χ1n) is 8.67. The highest BCUT2D eigenvalue weighted by Gasteiger charge is 2.35. The lowest BCUT2D eigenvalue weighted by Crippen LogP contribution is -2.27. The Balaban J connectivity index is 1.54. The minimum Gasteiger partial charge on any atom is -0.457 e. The summed E-state index contributed by atoms with van der Waals surface area (Å²) in [7, 11) is 0. The van der Waals surface area contributed by atoms with Crippen LogP contribution in [0.3, 0.4) is 0 Å². The van der Waals surface area contributed by atoms with Crippen LogP contribution in [0.2, 0.25) is 0 Å². The van der Waals surface area contributed by atoms with Crippen molar-refractivity contribution in [1.82, 2.24) is 4.90 Å². The van der Waals surface area contributed by atoms with Crippen LogP contribution in [0.25, 0.3) is 17.4 Å². The molecule has 0 bridgehead atoms. The third-order valence-electron chi connectivity index (χ3n) is 4.49. The number of carbonyl (C=O) groups excluding carboxylic acids is 2. The predicted molar refractivity (Wildman–Crippen MR) is 107 cm³/mol. The molecular formula is C22H16FNO3S. The summed E-state index contributed by atoms with van der Waals surface area (Å²) in [5.74, 6) is 0.363. The molecule has 2 amide bonds. The Morgan fingerprint density at radius 2 is 1.79 bits per heavy atom. The standard InChI is InChI=1S/C22H16FNO3S/c1-14-4-2-3-5-16(14)13-24-21(25)20(28-22(24)26)12-18-10-11-19(27-18)15-6-8-17(23)9-7-15/h2-12H,13H2,1H3/b20-12-. The number of carbonyl (C=O) groups is 2. The number of amides is 2. The van der Waals surface area contributed by atoms with Crippen molar-refractivity contribution in [3.63, 3.8) is 0 Å². The molecule has 1 saturated heterocycles. The predicted octanol–water partition coefficient (Wildman–Crippen LogP) is 5.63. The highest BCUT2D eigenvalue weighted by atomic mass is 32.2. The van der Waals surface area contributed by atoms with Crippen molar-refractivity contribution in [2.24, 2.45) is 0 Å². The van der Waals surface area contributed by atoms with Crippen molar-refractivity contribution in [3.05, 3.63) is 88.3 Å². The summed E-state index contributed by atoms with van der Waals surface area (Å²) in [4.78, 5) is 26.6. The van der Waals surface area contributed by atoms with E-state index in [-0.39, 0.29) is 23.5 Å². The van der Waals surface area contributed by atoms with Gasteiger partial charge in [0.2, 0.25) is 0 Å². The van der Waals surface area contributed by atoms with Crippen LogP contribution in [-0.4, -0.2) is 16.0 Å². The van der Waals surface area contributed by atoms with Gasteiger partial charge < -0.3 is 4.42 Å². The van der Waals surface area contributed by atoms with Gasteiger partial charge in [-0.25, -0.2) is 4.39 Å². The maximum Gasteiger partial charge on any atom is 0.293 e. The number of rotatable bonds is 4. The van der Waals surface area contributed by atoms with Gasteiger partial charge in [0.05, 0.1) is 11.4 Å². The van der Waals surface area contributed by atoms with E-state index >= 15 is 0 Å². The van der Waals surface area contributed by atoms with Crippen LogP contribution < -0.4 is 0 Å². The summed E-state index contributed by atoms with van der Waals surface area (Å²) in [5.41, 5.74) is 2.69. The summed E-state index contributed by atoms with van der Waals surface area (Å²) < 4.78 is 18.8. The Kier molecular flexibility index (Phi) is 4.88. The van der Waals surface area contributed by atoms with Gasteiger partial charge >= 0.3 is 0 Å². The molecule has 1 fully saturated rings. The molecule has 1 aromatic heterocycles. The maximum absolute atomic E-state index is 13.1. The van der Waals surface area contributed by atoms with Gasteiger partial charge in [-0.05, 0) is 66.2 Å². The zero-order valence-corrected chi connectivity index (χ0v) is 15.8. The molecule has 4 rings (SSSR count). The quantitative estimate of drug-likeness (QED) is 0.539. The van der Waals surface area contributed by atoms with Crippen LogP contribution in [-0.2, 0) is 11.3 Å². The molecule has 0 saturated carbocycles. The topological polar surface area (TPSA) is 50.5 Å². The van der Waals surface area contributed by atoms with Crippen molar-refractivity contribution in [1.29, 1.82) is 0 Å². The van der Waals surface area contributed by atoms with E-state index in [1.165, 1.54) is 17.0 Å². The second-order valence-electron chi connectivity index (χ2n) is 6.40. The number of halogens is 1. The van der Waals surface area contributed by atoms with Crippen LogP contribution in [0.4, 0.5) is 9.18 Å². The lowest BCUT2D eigenvalue weighted by molar-refractivity contribution is -0.123. The lowest BCUT2D eigenvalue weighted by Gasteiger charge is -2.14. The zero-order chi connectivity index (χ0) is 19.7. The molecule has 4 nitrogen and oxygen atoms in total. The molecule has 2 aromatic carbocycles. The van der Waals surface area contributed by atoms with Crippen LogP contribution in [0, 0.1) is 12.7 Å². The summed E-state index contributed by atoms with van der Waals surface area (Å²) in [5, 5.41) is -0.301. The summed E-state index contributed by atoms with van der Waals surface area (Å²) in [6.07, 6.45) is 1.57. The summed E-state index contributed by atoms with van der Waals surface area (Å²) in [6, 6.07) is 17.1. The number of thioether (sulfide) groups is 1. The first-order valence-corrected chi connectivity index (χ1v) is 9.48. The van der Waals surface area contributed by atoms with Crippen molar-refractivity contribution in [3.8, 4) is 11.3 Å². The Labute approximate surface area is 165 Å². The Morgan fingerprint density at radius 3 is 2.54 bits per heavy atom. The third-order valence-corrected chi connectivity index (χ3v) is 5.40. The van der Waals surface area contributed by atoms with Gasteiger partial charge in [-0.3, -0.25) is 14.5 Å². The van der Waals surface area contributed by atoms with Gasteiger partial charge in [0.15, 0.2) is 0 Å². The molecule has 0 radical (unpaired) electrons. The van der Waals surface area contributed by atoms with E-state index in [2.05, 4.69) is 0 Å². The Bertz CT molecular complexity index is 1090. The van der Waals surface area contributed by atoms with E-state index in [1.54, 1.807) is 30.3 Å². The van der Waals surface area contributed by atoms with Gasteiger partial charge in [-0.15, -0.1) is 0 Å². The number of hydrogen-bond donors (Lipinski definition) is 0. The van der Waals surface area contributed by atoms with Gasteiger partial charge in [0, 0.05) is 11.6 Å². The van der Waals surface area contributed by atoms with E-state index in [0.29, 0.717) is 16.4 Å². The number of hydrogen-bond acceptors (Lipinski definition) is 4. The van der Waals surface area contributed by atoms with Crippen molar-refractivity contribution < 1.29 is 18.4 Å². The molecule has 3 aromatic rings. The van der Waals surface area contributed by atoms with Crippen LogP contribution >= 0.6 is 11.8 Å². The molecule has 0 unspecified atom stereocenters. The van der Waals surface area contributed by atoms with Crippen molar-refractivity contribution in [2.45, 2.75) is 13.5 Å². The second-order valence-corrected chi connectivity index (χ2v) is 7.40. The Morgan fingerprint density at radius 1 is 1.04 bits per heavy atom. The normalized spacial score (nSPS) is 15.6. The molecule has 6 heteroatoms. The summed E-state index contributed by atoms with van der Waals surface area (Å²) >= 11 is 0.898. The monoisotopic (exact) mass is 393 g/mol. The van der Waals surface area contributed by atoms with E-state index < -0.39 is 0 Å². The van der Waals surface area contributed by atoms with Gasteiger partial charge in [0.1, 0.15) is 17.3 Å². The van der Waals surface area contributed by atoms with Crippen LogP contribution in [0.15, 0.2) is 70.0 Å². The number of benzene rings is 2. The van der Waals surface area contributed by atoms with E-state index in [4.69, 9.17) is 4.42 Å². The molecule has 0 aliphatic carbocycles. The van der Waals surface area contributed by atoms with E-state index in [1.807, 2.05) is 31.2 Å². The second kappa shape index (κ2) is 7.48. The fourth-order valence-corrected chi connectivity index (χ4v) is 3.74. The molecular weight excluding hydrogens is 377 g/mol. The van der Waals surface area contributed by atoms with E-state index in [9.17, 15) is 14.0 Å². The lowest BCUT2D eigenvalue weighted by atomic mass is 10.1. The molecule has 0 N–H and O–H groups in total. The summed E-state index contributed by atoms with van der Waals surface area (Å²) in [6.45, 7) is 2.19. The molecule has 140 valence electrons. The fourth-order valence-electron chi connectivity index (χ4n) is 2.92. The molecule has 0 atom stereocenters. The molecule has 0 spiro atoms. The highest BCUT2D eigenvalue weighted by Crippen LogP contribution is 2.34. The molecule has 1 aliphatic rings. The van der Waals surface area contributed by atoms with Gasteiger partial charge in [-0.1, -0.05) is 24.3 Å². The van der Waals surface area contributed by atoms with E-state index in [0.717, 1.165) is 28.5 Å². The average Bonchev–Trinajstić information content (AvgIpc) is 3.24. The zero-order valence-electron chi connectivity index (χ0n) is 15.0. The van der Waals surface area contributed by atoms with Crippen molar-refractivity contribution in [2.75, 3.05) is 0 Å². The van der Waals surface area contributed by atoms with Crippen LogP contribution in [0.1, 0.15) is 16.9 Å².